The zero-order valence-corrected chi connectivity index (χ0v) is 18.5. The Morgan fingerprint density at radius 1 is 1.03 bits per heavy atom. The van der Waals surface area contributed by atoms with E-state index in [2.05, 4.69) is 52.1 Å². The van der Waals surface area contributed by atoms with Crippen LogP contribution in [0.3, 0.4) is 0 Å². The Bertz CT molecular complexity index is 1040. The SMILES string of the molecule is C=C(O)/C(=C/C)C(=C)/C=C1\CC(C)C(c2ccc(O)cc2)Cc2cc(C)c(C)cc21. The monoisotopic (exact) mass is 400 g/mol. The van der Waals surface area contributed by atoms with Crippen LogP contribution in [0.5, 0.6) is 5.75 Å². The first kappa shape index (κ1) is 21.7. The summed E-state index contributed by atoms with van der Waals surface area (Å²) in [5.41, 5.74) is 9.13. The number of aliphatic hydroxyl groups excluding tert-OH is 1. The van der Waals surface area contributed by atoms with Crippen molar-refractivity contribution in [2.24, 2.45) is 5.92 Å². The Kier molecular flexibility index (Phi) is 6.36. The summed E-state index contributed by atoms with van der Waals surface area (Å²) in [6, 6.07) is 12.2. The van der Waals surface area contributed by atoms with E-state index in [1.807, 2.05) is 25.1 Å². The zero-order valence-electron chi connectivity index (χ0n) is 18.5. The summed E-state index contributed by atoms with van der Waals surface area (Å²) in [5.74, 6) is 1.11. The van der Waals surface area contributed by atoms with Crippen LogP contribution in [0.25, 0.3) is 5.57 Å². The molecule has 1 aliphatic carbocycles. The summed E-state index contributed by atoms with van der Waals surface area (Å²) in [4.78, 5) is 0. The van der Waals surface area contributed by atoms with Gasteiger partial charge < -0.3 is 10.2 Å². The van der Waals surface area contributed by atoms with Crippen molar-refractivity contribution in [1.29, 1.82) is 0 Å². The minimum atomic E-state index is 0.0447. The molecule has 2 heteroatoms. The fraction of sp³-hybridized carbons (Fsp3) is 0.286. The molecule has 0 spiro atoms. The average Bonchev–Trinajstić information content (AvgIpc) is 2.80. The number of phenols is 1. The maximum absolute atomic E-state index is 9.94. The Morgan fingerprint density at radius 2 is 1.67 bits per heavy atom. The Morgan fingerprint density at radius 3 is 2.27 bits per heavy atom. The summed E-state index contributed by atoms with van der Waals surface area (Å²) >= 11 is 0. The van der Waals surface area contributed by atoms with Crippen molar-refractivity contribution in [1.82, 2.24) is 0 Å². The molecule has 0 saturated heterocycles. The van der Waals surface area contributed by atoms with E-state index in [1.165, 1.54) is 33.4 Å². The van der Waals surface area contributed by atoms with Crippen LogP contribution in [0.1, 0.15) is 54.0 Å². The summed E-state index contributed by atoms with van der Waals surface area (Å²) < 4.78 is 0. The van der Waals surface area contributed by atoms with Crippen molar-refractivity contribution in [3.8, 4) is 5.75 Å². The maximum Gasteiger partial charge on any atom is 0.115 e. The second-order valence-corrected chi connectivity index (χ2v) is 8.52. The third kappa shape index (κ3) is 4.43. The smallest absolute Gasteiger partial charge is 0.115 e. The lowest BCUT2D eigenvalue weighted by atomic mass is 9.82. The van der Waals surface area contributed by atoms with Gasteiger partial charge in [-0.05, 0) is 96.5 Å². The standard InChI is InChI=1S/C28H32O2/c1-7-26(21(6)29)19(4)13-23-14-20(5)27(22-8-10-25(30)11-9-22)16-24-12-17(2)18(3)15-28(23)24/h7-13,15,20,27,29-30H,4,6,14,16H2,1-3,5H3/b23-13+,26-7+. The highest BCUT2D eigenvalue weighted by atomic mass is 16.3. The van der Waals surface area contributed by atoms with E-state index in [4.69, 9.17) is 0 Å². The summed E-state index contributed by atoms with van der Waals surface area (Å²) in [6.07, 6.45) is 5.83. The fourth-order valence-electron chi connectivity index (χ4n) is 4.51. The Labute approximate surface area is 180 Å². The summed E-state index contributed by atoms with van der Waals surface area (Å²) in [7, 11) is 0. The van der Waals surface area contributed by atoms with Gasteiger partial charge in [0, 0.05) is 5.57 Å². The van der Waals surface area contributed by atoms with Crippen LogP contribution in [0.15, 0.2) is 78.6 Å². The van der Waals surface area contributed by atoms with Crippen molar-refractivity contribution in [2.45, 2.75) is 46.5 Å². The first-order valence-corrected chi connectivity index (χ1v) is 10.5. The Balaban J connectivity index is 2.11. The molecule has 2 aromatic rings. The lowest BCUT2D eigenvalue weighted by Crippen LogP contribution is -2.11. The molecule has 156 valence electrons. The largest absolute Gasteiger partial charge is 0.508 e. The van der Waals surface area contributed by atoms with Gasteiger partial charge in [-0.25, -0.2) is 0 Å². The Hall–Kier alpha value is -3.00. The van der Waals surface area contributed by atoms with Gasteiger partial charge in [-0.2, -0.15) is 0 Å². The van der Waals surface area contributed by atoms with Gasteiger partial charge >= 0.3 is 0 Å². The van der Waals surface area contributed by atoms with Gasteiger partial charge in [0.05, 0.1) is 0 Å². The average molecular weight is 401 g/mol. The van der Waals surface area contributed by atoms with Crippen LogP contribution < -0.4 is 0 Å². The molecule has 2 nitrogen and oxygen atoms in total. The number of hydrogen-bond donors (Lipinski definition) is 2. The third-order valence-corrected chi connectivity index (χ3v) is 6.35. The first-order chi connectivity index (χ1) is 14.2. The van der Waals surface area contributed by atoms with Crippen LogP contribution in [0.4, 0.5) is 0 Å². The lowest BCUT2D eigenvalue weighted by Gasteiger charge is -2.22. The number of rotatable bonds is 4. The normalized spacial score (nSPS) is 20.5. The van der Waals surface area contributed by atoms with Crippen LogP contribution in [-0.4, -0.2) is 10.2 Å². The van der Waals surface area contributed by atoms with Gasteiger partial charge in [0.1, 0.15) is 11.5 Å². The molecular weight excluding hydrogens is 368 g/mol. The molecule has 2 aromatic carbocycles. The van der Waals surface area contributed by atoms with E-state index in [0.29, 0.717) is 23.2 Å². The van der Waals surface area contributed by atoms with E-state index in [0.717, 1.165) is 18.4 Å². The number of aryl methyl sites for hydroxylation is 2. The van der Waals surface area contributed by atoms with Crippen molar-refractivity contribution in [3.05, 3.63) is 106 Å². The number of allylic oxidation sites excluding steroid dienone is 4. The highest BCUT2D eigenvalue weighted by Crippen LogP contribution is 2.42. The highest BCUT2D eigenvalue weighted by molar-refractivity contribution is 5.74. The quantitative estimate of drug-likeness (QED) is 0.320. The summed E-state index contributed by atoms with van der Waals surface area (Å²) in [5, 5.41) is 19.6. The molecule has 2 N–H and O–H groups in total. The number of aliphatic hydroxyl groups is 1. The van der Waals surface area contributed by atoms with Crippen LogP contribution in [0.2, 0.25) is 0 Å². The van der Waals surface area contributed by atoms with Crippen LogP contribution >= 0.6 is 0 Å². The van der Waals surface area contributed by atoms with E-state index >= 15 is 0 Å². The zero-order chi connectivity index (χ0) is 22.0. The summed E-state index contributed by atoms with van der Waals surface area (Å²) in [6.45, 7) is 16.4. The van der Waals surface area contributed by atoms with Gasteiger partial charge in [-0.15, -0.1) is 0 Å². The van der Waals surface area contributed by atoms with Crippen molar-refractivity contribution in [3.63, 3.8) is 0 Å². The molecule has 0 aromatic heterocycles. The van der Waals surface area contributed by atoms with E-state index in [1.54, 1.807) is 12.1 Å². The number of aromatic hydroxyl groups is 1. The molecule has 0 bridgehead atoms. The number of fused-ring (bicyclic) bond motifs is 1. The molecular formula is C28H32O2. The predicted octanol–water partition coefficient (Wildman–Crippen LogP) is 7.33. The van der Waals surface area contributed by atoms with E-state index < -0.39 is 0 Å². The van der Waals surface area contributed by atoms with Crippen LogP contribution in [-0.2, 0) is 6.42 Å². The molecule has 1 aliphatic rings. The van der Waals surface area contributed by atoms with Gasteiger partial charge in [0.2, 0.25) is 0 Å². The number of benzene rings is 2. The highest BCUT2D eigenvalue weighted by Gasteiger charge is 2.27. The third-order valence-electron chi connectivity index (χ3n) is 6.35. The second kappa shape index (κ2) is 8.79. The lowest BCUT2D eigenvalue weighted by molar-refractivity contribution is 0.428. The predicted molar refractivity (Wildman–Crippen MR) is 127 cm³/mol. The molecule has 0 radical (unpaired) electrons. The van der Waals surface area contributed by atoms with Crippen molar-refractivity contribution >= 4 is 5.57 Å². The first-order valence-electron chi connectivity index (χ1n) is 10.5. The minimum Gasteiger partial charge on any atom is -0.508 e. The molecule has 2 atom stereocenters. The van der Waals surface area contributed by atoms with Gasteiger partial charge in [-0.3, -0.25) is 0 Å². The molecule has 0 amide bonds. The fourth-order valence-corrected chi connectivity index (χ4v) is 4.51. The van der Waals surface area contributed by atoms with Gasteiger partial charge in [0.25, 0.3) is 0 Å². The van der Waals surface area contributed by atoms with Gasteiger partial charge in [0.15, 0.2) is 0 Å². The number of phenolic OH excluding ortho intramolecular Hbond substituents is 1. The van der Waals surface area contributed by atoms with Gasteiger partial charge in [-0.1, -0.05) is 56.5 Å². The molecule has 0 saturated carbocycles. The number of hydrogen-bond acceptors (Lipinski definition) is 2. The topological polar surface area (TPSA) is 40.5 Å². The molecule has 0 fully saturated rings. The second-order valence-electron chi connectivity index (χ2n) is 8.52. The molecule has 0 aliphatic heterocycles. The minimum absolute atomic E-state index is 0.0447. The maximum atomic E-state index is 9.94. The van der Waals surface area contributed by atoms with Crippen molar-refractivity contribution in [2.75, 3.05) is 0 Å². The molecule has 0 heterocycles. The molecule has 30 heavy (non-hydrogen) atoms. The van der Waals surface area contributed by atoms with E-state index in [-0.39, 0.29) is 5.76 Å². The molecule has 2 unspecified atom stereocenters. The van der Waals surface area contributed by atoms with Crippen LogP contribution in [0, 0.1) is 19.8 Å². The van der Waals surface area contributed by atoms with E-state index in [9.17, 15) is 10.2 Å². The van der Waals surface area contributed by atoms with Crippen molar-refractivity contribution < 1.29 is 10.2 Å². The molecule has 3 rings (SSSR count).